The molecule has 0 aliphatic heterocycles. The number of phosphoric acid groups is 1. The summed E-state index contributed by atoms with van der Waals surface area (Å²) in [6.07, 6.45) is 0. The van der Waals surface area contributed by atoms with Crippen LogP contribution in [0.5, 0.6) is 0 Å². The van der Waals surface area contributed by atoms with E-state index in [0.717, 1.165) is 0 Å². The fourth-order valence-electron chi connectivity index (χ4n) is 1.45. The third kappa shape index (κ3) is 6.27. The molecule has 0 rings (SSSR count). The average molecular weight is 408 g/mol. The van der Waals surface area contributed by atoms with Crippen LogP contribution in [-0.4, -0.2) is 45.3 Å². The summed E-state index contributed by atoms with van der Waals surface area (Å²) in [5.74, 6) is -3.02. The number of hydrogen-bond donors (Lipinski definition) is 2. The molecule has 128 valence electrons. The summed E-state index contributed by atoms with van der Waals surface area (Å²) in [4.78, 5) is 18.2. The van der Waals surface area contributed by atoms with Gasteiger partial charge in [-0.25, -0.2) is 9.09 Å². The lowest BCUT2D eigenvalue weighted by atomic mass is 10.1. The van der Waals surface area contributed by atoms with E-state index in [1.165, 1.54) is 0 Å². The van der Waals surface area contributed by atoms with Crippen molar-refractivity contribution in [2.75, 3.05) is 25.0 Å². The summed E-state index contributed by atoms with van der Waals surface area (Å²) < 4.78 is 36.2. The van der Waals surface area contributed by atoms with Crippen molar-refractivity contribution in [3.05, 3.63) is 0 Å². The molecular weight excluding hydrogens is 388 g/mol. The number of alkyl halides is 3. The summed E-state index contributed by atoms with van der Waals surface area (Å²) in [6.45, 7) is 2.79. The second-order valence-corrected chi connectivity index (χ2v) is 8.31. The van der Waals surface area contributed by atoms with Gasteiger partial charge >= 0.3 is 13.8 Å². The van der Waals surface area contributed by atoms with Crippen molar-refractivity contribution in [2.45, 2.75) is 24.4 Å². The Morgan fingerprint density at radius 2 is 1.62 bits per heavy atom. The molecule has 2 N–H and O–H groups in total. The van der Waals surface area contributed by atoms with Gasteiger partial charge in [0.05, 0.1) is 21.7 Å². The van der Waals surface area contributed by atoms with E-state index in [-0.39, 0.29) is 25.0 Å². The van der Waals surface area contributed by atoms with Crippen LogP contribution >= 0.6 is 51.1 Å². The maximum Gasteiger partial charge on any atom is 0.474 e. The molecule has 12 heteroatoms. The first-order valence-corrected chi connectivity index (χ1v) is 9.92. The Hall–Kier alpha value is 1.13. The summed E-state index contributed by atoms with van der Waals surface area (Å²) in [5.41, 5.74) is 0. The van der Waals surface area contributed by atoms with Gasteiger partial charge in [-0.2, -0.15) is 0 Å². The van der Waals surface area contributed by atoms with Gasteiger partial charge in [0.15, 0.2) is 4.62 Å². The van der Waals surface area contributed by atoms with Crippen LogP contribution in [0.15, 0.2) is 0 Å². The highest BCUT2D eigenvalue weighted by Crippen LogP contribution is 2.55. The SMILES string of the molecule is CC(C)C(Cl)([PH2]=O)C(OCCCl)(OCCCl)OP(=O)(O)O. The minimum atomic E-state index is -5.06. The molecule has 2 unspecified atom stereocenters. The topological polar surface area (TPSA) is 102 Å². The highest BCUT2D eigenvalue weighted by molar-refractivity contribution is 7.46. The summed E-state index contributed by atoms with van der Waals surface area (Å²) in [6, 6.07) is 0. The molecule has 0 heterocycles. The van der Waals surface area contributed by atoms with Crippen LogP contribution in [0.2, 0.25) is 0 Å². The predicted octanol–water partition coefficient (Wildman–Crippen LogP) is 2.61. The van der Waals surface area contributed by atoms with E-state index < -0.39 is 32.8 Å². The standard InChI is InChI=1S/C9H19Cl3O7P2/c1-7(2)8(12,20-13)9(17-5-3-10,18-6-4-11)19-21(14,15)16/h7H,3-6,20H2,1-2H3,(H2,14,15,16). The van der Waals surface area contributed by atoms with Crippen molar-refractivity contribution >= 4 is 51.1 Å². The fourth-order valence-corrected chi connectivity index (χ4v) is 3.12. The molecule has 21 heavy (non-hydrogen) atoms. The molecule has 7 nitrogen and oxygen atoms in total. The van der Waals surface area contributed by atoms with Gasteiger partial charge in [0.25, 0.3) is 0 Å². The second kappa shape index (κ2) is 9.43. The zero-order valence-electron chi connectivity index (χ0n) is 11.5. The van der Waals surface area contributed by atoms with Crippen LogP contribution in [0.3, 0.4) is 0 Å². The van der Waals surface area contributed by atoms with Crippen molar-refractivity contribution in [3.63, 3.8) is 0 Å². The zero-order chi connectivity index (χ0) is 16.7. The number of ether oxygens (including phenoxy) is 2. The first kappa shape index (κ1) is 22.1. The molecule has 0 spiro atoms. The highest BCUT2D eigenvalue weighted by atomic mass is 35.5. The van der Waals surface area contributed by atoms with E-state index in [4.69, 9.17) is 54.1 Å². The Morgan fingerprint density at radius 1 is 1.19 bits per heavy atom. The molecule has 0 saturated carbocycles. The lowest BCUT2D eigenvalue weighted by Crippen LogP contribution is -2.56. The molecule has 0 aliphatic rings. The van der Waals surface area contributed by atoms with Crippen LogP contribution in [0.25, 0.3) is 0 Å². The Balaban J connectivity index is 5.83. The minimum absolute atomic E-state index is 0.0181. The van der Waals surface area contributed by atoms with E-state index in [0.29, 0.717) is 0 Å². The first-order chi connectivity index (χ1) is 9.58. The molecule has 0 fully saturated rings. The van der Waals surface area contributed by atoms with Gasteiger partial charge in [-0.05, 0) is 5.92 Å². The molecule has 0 amide bonds. The van der Waals surface area contributed by atoms with Gasteiger partial charge in [-0.15, -0.1) is 34.8 Å². The van der Waals surface area contributed by atoms with Crippen molar-refractivity contribution in [1.82, 2.24) is 0 Å². The van der Waals surface area contributed by atoms with Crippen LogP contribution in [0, 0.1) is 5.92 Å². The van der Waals surface area contributed by atoms with Crippen LogP contribution in [-0.2, 0) is 23.1 Å². The fraction of sp³-hybridized carbons (Fsp3) is 1.00. The number of halogens is 3. The maximum atomic E-state index is 11.6. The number of phosphoric ester groups is 1. The van der Waals surface area contributed by atoms with Crippen LogP contribution in [0.1, 0.15) is 13.8 Å². The molecule has 2 atom stereocenters. The normalized spacial score (nSPS) is 16.8. The second-order valence-electron chi connectivity index (χ2n) is 4.25. The Morgan fingerprint density at radius 3 is 1.86 bits per heavy atom. The van der Waals surface area contributed by atoms with Gasteiger partial charge in [-0.3, -0.25) is 0 Å². The average Bonchev–Trinajstić information content (AvgIpc) is 2.39. The van der Waals surface area contributed by atoms with Crippen LogP contribution in [0.4, 0.5) is 0 Å². The monoisotopic (exact) mass is 406 g/mol. The number of hydrogen-bond acceptors (Lipinski definition) is 5. The number of rotatable bonds is 11. The van der Waals surface area contributed by atoms with E-state index in [1.54, 1.807) is 13.8 Å². The largest absolute Gasteiger partial charge is 0.474 e. The third-order valence-electron chi connectivity index (χ3n) is 2.46. The van der Waals surface area contributed by atoms with Crippen LogP contribution < -0.4 is 0 Å². The van der Waals surface area contributed by atoms with Crippen molar-refractivity contribution in [1.29, 1.82) is 0 Å². The van der Waals surface area contributed by atoms with E-state index >= 15 is 0 Å². The molecular formula is C9H19Cl3O7P2. The molecule has 0 aromatic rings. The lowest BCUT2D eigenvalue weighted by molar-refractivity contribution is -0.355. The molecule has 0 aliphatic carbocycles. The Bertz CT molecular complexity index is 370. The Kier molecular flexibility index (Phi) is 9.94. The third-order valence-corrected chi connectivity index (χ3v) is 5.54. The lowest BCUT2D eigenvalue weighted by Gasteiger charge is -2.43. The van der Waals surface area contributed by atoms with Gasteiger partial charge in [0, 0.05) is 11.8 Å². The van der Waals surface area contributed by atoms with Crippen molar-refractivity contribution in [3.8, 4) is 0 Å². The van der Waals surface area contributed by atoms with E-state index in [2.05, 4.69) is 4.52 Å². The summed E-state index contributed by atoms with van der Waals surface area (Å²) in [5, 5.41) is 0. The molecule has 0 radical (unpaired) electrons. The van der Waals surface area contributed by atoms with Gasteiger partial charge in [-0.1, -0.05) is 13.8 Å². The summed E-state index contributed by atoms with van der Waals surface area (Å²) in [7, 11) is -6.85. The maximum absolute atomic E-state index is 11.6. The van der Waals surface area contributed by atoms with Crippen molar-refractivity contribution in [2.24, 2.45) is 5.92 Å². The Labute approximate surface area is 139 Å². The zero-order valence-corrected chi connectivity index (χ0v) is 15.8. The first-order valence-electron chi connectivity index (χ1n) is 5.90. The van der Waals surface area contributed by atoms with Gasteiger partial charge < -0.3 is 23.8 Å². The van der Waals surface area contributed by atoms with Gasteiger partial charge in [0.1, 0.15) is 0 Å². The van der Waals surface area contributed by atoms with Gasteiger partial charge in [0.2, 0.25) is 0 Å². The van der Waals surface area contributed by atoms with E-state index in [1.807, 2.05) is 0 Å². The highest BCUT2D eigenvalue weighted by Gasteiger charge is 2.59. The molecule has 0 aromatic carbocycles. The minimum Gasteiger partial charge on any atom is -0.328 e. The summed E-state index contributed by atoms with van der Waals surface area (Å²) >= 11 is 17.3. The molecule has 0 saturated heterocycles. The molecule has 0 aromatic heterocycles. The predicted molar refractivity (Wildman–Crippen MR) is 83.0 cm³/mol. The quantitative estimate of drug-likeness (QED) is 0.308. The van der Waals surface area contributed by atoms with E-state index in [9.17, 15) is 9.13 Å². The van der Waals surface area contributed by atoms with Crippen molar-refractivity contribution < 1.29 is 32.9 Å². The molecule has 0 bridgehead atoms. The smallest absolute Gasteiger partial charge is 0.328 e.